The molecule has 1 N–H and O–H groups in total. The predicted molar refractivity (Wildman–Crippen MR) is 90.1 cm³/mol. The van der Waals surface area contributed by atoms with Crippen LogP contribution in [0.15, 0.2) is 32.4 Å². The molecule has 0 aliphatic carbocycles. The van der Waals surface area contributed by atoms with Gasteiger partial charge in [-0.1, -0.05) is 6.42 Å². The lowest BCUT2D eigenvalue weighted by molar-refractivity contribution is 0.152. The standard InChI is InChI=1S/C16H23N5O3/c1-19-15(22)14(18-20(2)16(19)23)17-11-12(13-7-6-10-24-13)21-8-4-3-5-9-21/h6-7,10,12H,3-5,8-9,11H2,1-2H3,(H,17,18). The molecule has 1 fully saturated rings. The third-order valence-corrected chi connectivity index (χ3v) is 4.49. The predicted octanol–water partition coefficient (Wildman–Crippen LogP) is 0.711. The Labute approximate surface area is 139 Å². The maximum absolute atomic E-state index is 12.2. The monoisotopic (exact) mass is 333 g/mol. The minimum Gasteiger partial charge on any atom is -0.468 e. The van der Waals surface area contributed by atoms with Gasteiger partial charge in [-0.05, 0) is 38.1 Å². The number of hydrogen-bond donors (Lipinski definition) is 1. The summed E-state index contributed by atoms with van der Waals surface area (Å²) >= 11 is 0. The van der Waals surface area contributed by atoms with Crippen molar-refractivity contribution in [3.63, 3.8) is 0 Å². The molecular formula is C16H23N5O3. The summed E-state index contributed by atoms with van der Waals surface area (Å²) in [5, 5.41) is 7.14. The molecule has 0 amide bonds. The minimum absolute atomic E-state index is 0.0315. The molecule has 3 heterocycles. The zero-order chi connectivity index (χ0) is 17.1. The fourth-order valence-electron chi connectivity index (χ4n) is 3.12. The van der Waals surface area contributed by atoms with E-state index in [1.54, 1.807) is 6.26 Å². The average molecular weight is 333 g/mol. The van der Waals surface area contributed by atoms with Crippen molar-refractivity contribution in [2.75, 3.05) is 25.0 Å². The van der Waals surface area contributed by atoms with Gasteiger partial charge < -0.3 is 9.73 Å². The molecule has 1 saturated heterocycles. The Morgan fingerprint density at radius 2 is 2.00 bits per heavy atom. The summed E-state index contributed by atoms with van der Waals surface area (Å²) in [6.07, 6.45) is 5.24. The van der Waals surface area contributed by atoms with Gasteiger partial charge in [0.2, 0.25) is 5.82 Å². The molecule has 8 nitrogen and oxygen atoms in total. The molecule has 2 aromatic rings. The van der Waals surface area contributed by atoms with Gasteiger partial charge in [0.25, 0.3) is 5.56 Å². The van der Waals surface area contributed by atoms with Gasteiger partial charge in [0.05, 0.1) is 12.3 Å². The van der Waals surface area contributed by atoms with E-state index in [4.69, 9.17) is 4.42 Å². The van der Waals surface area contributed by atoms with Gasteiger partial charge in [-0.3, -0.25) is 14.3 Å². The summed E-state index contributed by atoms with van der Waals surface area (Å²) in [7, 11) is 2.98. The molecule has 2 aromatic heterocycles. The molecule has 0 spiro atoms. The van der Waals surface area contributed by atoms with Gasteiger partial charge in [0.1, 0.15) is 5.76 Å². The first-order valence-corrected chi connectivity index (χ1v) is 8.23. The van der Waals surface area contributed by atoms with E-state index in [1.165, 1.54) is 20.5 Å². The van der Waals surface area contributed by atoms with Gasteiger partial charge in [-0.2, -0.15) is 0 Å². The fourth-order valence-corrected chi connectivity index (χ4v) is 3.12. The first kappa shape index (κ1) is 16.5. The van der Waals surface area contributed by atoms with Crippen molar-refractivity contribution in [2.24, 2.45) is 14.1 Å². The molecule has 1 aliphatic heterocycles. The topological polar surface area (TPSA) is 85.3 Å². The number of furan rings is 1. The van der Waals surface area contributed by atoms with Crippen LogP contribution in [-0.4, -0.2) is 38.9 Å². The van der Waals surface area contributed by atoms with Crippen LogP contribution in [0.4, 0.5) is 5.82 Å². The highest BCUT2D eigenvalue weighted by Crippen LogP contribution is 2.25. The first-order chi connectivity index (χ1) is 11.6. The number of anilines is 1. The molecule has 130 valence electrons. The van der Waals surface area contributed by atoms with E-state index in [0.717, 1.165) is 40.9 Å². The number of nitrogens with zero attached hydrogens (tertiary/aromatic N) is 4. The van der Waals surface area contributed by atoms with Crippen LogP contribution < -0.4 is 16.6 Å². The van der Waals surface area contributed by atoms with Crippen LogP contribution in [0.1, 0.15) is 31.1 Å². The molecule has 1 atom stereocenters. The second kappa shape index (κ2) is 7.04. The maximum Gasteiger partial charge on any atom is 0.346 e. The summed E-state index contributed by atoms with van der Waals surface area (Å²) in [5.41, 5.74) is -0.862. The van der Waals surface area contributed by atoms with E-state index in [-0.39, 0.29) is 11.9 Å². The maximum atomic E-state index is 12.2. The highest BCUT2D eigenvalue weighted by molar-refractivity contribution is 5.30. The third-order valence-electron chi connectivity index (χ3n) is 4.49. The van der Waals surface area contributed by atoms with Crippen molar-refractivity contribution in [3.8, 4) is 0 Å². The zero-order valence-electron chi connectivity index (χ0n) is 14.1. The molecule has 0 aromatic carbocycles. The Morgan fingerprint density at radius 1 is 1.25 bits per heavy atom. The number of nitrogens with one attached hydrogen (secondary N) is 1. The van der Waals surface area contributed by atoms with E-state index < -0.39 is 11.2 Å². The first-order valence-electron chi connectivity index (χ1n) is 8.23. The summed E-state index contributed by atoms with van der Waals surface area (Å²) in [6, 6.07) is 3.85. The molecule has 8 heteroatoms. The van der Waals surface area contributed by atoms with Crippen LogP contribution in [0, 0.1) is 0 Å². The Balaban J connectivity index is 1.81. The molecule has 0 saturated carbocycles. The zero-order valence-corrected chi connectivity index (χ0v) is 14.1. The van der Waals surface area contributed by atoms with Gasteiger partial charge in [-0.15, -0.1) is 5.10 Å². The molecule has 1 aliphatic rings. The lowest BCUT2D eigenvalue weighted by Crippen LogP contribution is -2.41. The van der Waals surface area contributed by atoms with Crippen LogP contribution in [0.3, 0.4) is 0 Å². The molecule has 24 heavy (non-hydrogen) atoms. The Morgan fingerprint density at radius 3 is 2.67 bits per heavy atom. The average Bonchev–Trinajstić information content (AvgIpc) is 3.13. The van der Waals surface area contributed by atoms with Gasteiger partial charge in [-0.25, -0.2) is 9.48 Å². The number of aryl methyl sites for hydroxylation is 1. The summed E-state index contributed by atoms with van der Waals surface area (Å²) < 4.78 is 7.81. The van der Waals surface area contributed by atoms with Crippen molar-refractivity contribution in [1.29, 1.82) is 0 Å². The summed E-state index contributed by atoms with van der Waals surface area (Å²) in [4.78, 5) is 26.3. The van der Waals surface area contributed by atoms with E-state index in [0.29, 0.717) is 6.54 Å². The second-order valence-electron chi connectivity index (χ2n) is 6.13. The minimum atomic E-state index is -0.441. The van der Waals surface area contributed by atoms with E-state index in [1.807, 2.05) is 12.1 Å². The lowest BCUT2D eigenvalue weighted by Gasteiger charge is -2.33. The number of hydrogen-bond acceptors (Lipinski definition) is 6. The van der Waals surface area contributed by atoms with E-state index in [9.17, 15) is 9.59 Å². The van der Waals surface area contributed by atoms with Crippen molar-refractivity contribution < 1.29 is 4.42 Å². The quantitative estimate of drug-likeness (QED) is 0.867. The molecule has 0 radical (unpaired) electrons. The van der Waals surface area contributed by atoms with Crippen molar-refractivity contribution in [2.45, 2.75) is 25.3 Å². The second-order valence-corrected chi connectivity index (χ2v) is 6.13. The van der Waals surface area contributed by atoms with Gasteiger partial charge in [0.15, 0.2) is 0 Å². The Hall–Kier alpha value is -2.35. The Kier molecular flexibility index (Phi) is 4.84. The molecule has 1 unspecified atom stereocenters. The van der Waals surface area contributed by atoms with Crippen molar-refractivity contribution in [1.82, 2.24) is 19.2 Å². The molecule has 3 rings (SSSR count). The van der Waals surface area contributed by atoms with Crippen LogP contribution in [0.25, 0.3) is 0 Å². The van der Waals surface area contributed by atoms with Gasteiger partial charge in [0, 0.05) is 20.6 Å². The smallest absolute Gasteiger partial charge is 0.346 e. The number of rotatable bonds is 5. The summed E-state index contributed by atoms with van der Waals surface area (Å²) in [5.74, 6) is 1.04. The van der Waals surface area contributed by atoms with Crippen LogP contribution in [0.2, 0.25) is 0 Å². The fraction of sp³-hybridized carbons (Fsp3) is 0.562. The molecule has 0 bridgehead atoms. The van der Waals surface area contributed by atoms with Gasteiger partial charge >= 0.3 is 5.69 Å². The molecular weight excluding hydrogens is 310 g/mol. The third kappa shape index (κ3) is 3.28. The van der Waals surface area contributed by atoms with E-state index >= 15 is 0 Å². The lowest BCUT2D eigenvalue weighted by atomic mass is 10.1. The van der Waals surface area contributed by atoms with Crippen LogP contribution in [0.5, 0.6) is 0 Å². The van der Waals surface area contributed by atoms with E-state index in [2.05, 4.69) is 15.3 Å². The van der Waals surface area contributed by atoms with Crippen LogP contribution >= 0.6 is 0 Å². The highest BCUT2D eigenvalue weighted by atomic mass is 16.3. The summed E-state index contributed by atoms with van der Waals surface area (Å²) in [6.45, 7) is 2.51. The number of likely N-dealkylation sites (tertiary alicyclic amines) is 1. The SMILES string of the molecule is Cn1nc(NCC(c2ccco2)N2CCCCC2)c(=O)n(C)c1=O. The Bertz CT molecular complexity index is 787. The van der Waals surface area contributed by atoms with Crippen molar-refractivity contribution >= 4 is 5.82 Å². The highest BCUT2D eigenvalue weighted by Gasteiger charge is 2.25. The van der Waals surface area contributed by atoms with Crippen molar-refractivity contribution in [3.05, 3.63) is 45.0 Å². The number of piperidine rings is 1. The normalized spacial score (nSPS) is 16.9. The van der Waals surface area contributed by atoms with Crippen LogP contribution in [-0.2, 0) is 14.1 Å². The largest absolute Gasteiger partial charge is 0.468 e. The number of aromatic nitrogens is 3.